The highest BCUT2D eigenvalue weighted by atomic mass is 19.1. The third-order valence-corrected chi connectivity index (χ3v) is 6.19. The summed E-state index contributed by atoms with van der Waals surface area (Å²) in [5, 5.41) is 7.44. The first-order chi connectivity index (χ1) is 17.6. The molecule has 2 amide bonds. The molecule has 1 N–H and O–H groups in total. The van der Waals surface area contributed by atoms with Crippen LogP contribution in [0.3, 0.4) is 0 Å². The summed E-state index contributed by atoms with van der Waals surface area (Å²) in [6.07, 6.45) is 3.22. The van der Waals surface area contributed by atoms with Crippen molar-refractivity contribution in [2.45, 2.75) is 25.8 Å². The second-order valence-corrected chi connectivity index (χ2v) is 8.77. The summed E-state index contributed by atoms with van der Waals surface area (Å²) >= 11 is 0. The molecule has 0 unspecified atom stereocenters. The van der Waals surface area contributed by atoms with Gasteiger partial charge in [0, 0.05) is 35.5 Å². The Labute approximate surface area is 208 Å². The smallest absolute Gasteiger partial charge is 0.255 e. The Morgan fingerprint density at radius 1 is 0.861 bits per heavy atom. The van der Waals surface area contributed by atoms with Gasteiger partial charge in [0.15, 0.2) is 11.6 Å². The zero-order valence-corrected chi connectivity index (χ0v) is 19.7. The molecule has 1 aliphatic rings. The van der Waals surface area contributed by atoms with Crippen molar-refractivity contribution in [3.05, 3.63) is 90.2 Å². The summed E-state index contributed by atoms with van der Waals surface area (Å²) in [4.78, 5) is 32.0. The predicted molar refractivity (Wildman–Crippen MR) is 136 cm³/mol. The number of nitrogens with one attached hydrogen (secondary N) is 1. The Balaban J connectivity index is 1.37. The maximum Gasteiger partial charge on any atom is 0.255 e. The van der Waals surface area contributed by atoms with Crippen molar-refractivity contribution >= 4 is 17.5 Å². The van der Waals surface area contributed by atoms with Crippen LogP contribution in [0.15, 0.2) is 78.9 Å². The first-order valence-corrected chi connectivity index (χ1v) is 12.0. The third kappa shape index (κ3) is 5.33. The number of piperidine rings is 1. The van der Waals surface area contributed by atoms with Crippen LogP contribution in [0, 0.1) is 5.82 Å². The molecule has 8 heteroatoms. The van der Waals surface area contributed by atoms with Crippen LogP contribution in [0.4, 0.5) is 10.1 Å². The predicted octanol–water partition coefficient (Wildman–Crippen LogP) is 5.02. The number of carbonyl (C=O) groups is 2. The average Bonchev–Trinajstić information content (AvgIpc) is 3.33. The molecule has 0 bridgehead atoms. The molecule has 0 saturated carbocycles. The van der Waals surface area contributed by atoms with E-state index < -0.39 is 11.7 Å². The van der Waals surface area contributed by atoms with Crippen LogP contribution >= 0.6 is 0 Å². The van der Waals surface area contributed by atoms with E-state index in [2.05, 4.69) is 10.4 Å². The fourth-order valence-corrected chi connectivity index (χ4v) is 4.28. The Morgan fingerprint density at radius 2 is 1.61 bits per heavy atom. The minimum atomic E-state index is -0.465. The molecule has 4 aromatic rings. The van der Waals surface area contributed by atoms with Crippen LogP contribution in [0.1, 0.15) is 29.6 Å². The van der Waals surface area contributed by atoms with Gasteiger partial charge in [0.2, 0.25) is 5.91 Å². The second kappa shape index (κ2) is 10.5. The maximum absolute atomic E-state index is 13.4. The summed E-state index contributed by atoms with van der Waals surface area (Å²) in [6, 6.07) is 22.3. The molecule has 182 valence electrons. The van der Waals surface area contributed by atoms with Crippen molar-refractivity contribution in [1.29, 1.82) is 0 Å². The van der Waals surface area contributed by atoms with E-state index in [1.165, 1.54) is 18.2 Å². The minimum absolute atomic E-state index is 0.0405. The van der Waals surface area contributed by atoms with Crippen molar-refractivity contribution in [2.75, 3.05) is 18.4 Å². The largest absolute Gasteiger partial charge is 0.341 e. The van der Waals surface area contributed by atoms with Gasteiger partial charge in [-0.3, -0.25) is 9.59 Å². The molecule has 5 rings (SSSR count). The molecular formula is C28H26FN5O2. The van der Waals surface area contributed by atoms with Crippen molar-refractivity contribution < 1.29 is 14.0 Å². The number of amides is 2. The van der Waals surface area contributed by atoms with Gasteiger partial charge in [-0.2, -0.15) is 0 Å². The molecule has 0 atom stereocenters. The molecule has 1 saturated heterocycles. The van der Waals surface area contributed by atoms with Crippen LogP contribution in [0.25, 0.3) is 22.8 Å². The van der Waals surface area contributed by atoms with Crippen LogP contribution in [-0.4, -0.2) is 44.6 Å². The number of benzene rings is 3. The van der Waals surface area contributed by atoms with Crippen molar-refractivity contribution in [1.82, 2.24) is 19.7 Å². The SMILES string of the molecule is O=C(Nc1ccc(-c2nc(-c3ccccc3)n(CC(=O)N3CCCCC3)n2)cc1)c1cccc(F)c1. The molecule has 1 aliphatic heterocycles. The van der Waals surface area contributed by atoms with Gasteiger partial charge in [0.25, 0.3) is 5.91 Å². The number of rotatable bonds is 6. The number of nitrogens with zero attached hydrogens (tertiary/aromatic N) is 4. The van der Waals surface area contributed by atoms with E-state index in [0.717, 1.165) is 43.5 Å². The topological polar surface area (TPSA) is 80.1 Å². The summed E-state index contributed by atoms with van der Waals surface area (Å²) in [7, 11) is 0. The van der Waals surface area contributed by atoms with Gasteiger partial charge in [-0.25, -0.2) is 14.1 Å². The summed E-state index contributed by atoms with van der Waals surface area (Å²) in [6.45, 7) is 1.69. The van der Waals surface area contributed by atoms with E-state index in [1.807, 2.05) is 47.4 Å². The molecule has 3 aromatic carbocycles. The fourth-order valence-electron chi connectivity index (χ4n) is 4.28. The number of carbonyl (C=O) groups excluding carboxylic acids is 2. The molecule has 1 fully saturated rings. The lowest BCUT2D eigenvalue weighted by Crippen LogP contribution is -2.38. The standard InChI is InChI=1S/C28H26FN5O2/c29-23-11-7-10-22(18-23)28(36)30-24-14-12-20(13-15-24)26-31-27(21-8-3-1-4-9-21)34(32-26)19-25(35)33-16-5-2-6-17-33/h1,3-4,7-15,18H,2,5-6,16-17,19H2,(H,30,36). The molecule has 0 spiro atoms. The number of hydrogen-bond acceptors (Lipinski definition) is 4. The van der Waals surface area contributed by atoms with E-state index in [0.29, 0.717) is 17.3 Å². The second-order valence-electron chi connectivity index (χ2n) is 8.77. The quantitative estimate of drug-likeness (QED) is 0.418. The summed E-state index contributed by atoms with van der Waals surface area (Å²) in [5.41, 5.74) is 2.43. The lowest BCUT2D eigenvalue weighted by Gasteiger charge is -2.26. The highest BCUT2D eigenvalue weighted by molar-refractivity contribution is 6.04. The Morgan fingerprint density at radius 3 is 2.33 bits per heavy atom. The van der Waals surface area contributed by atoms with Crippen molar-refractivity contribution in [2.24, 2.45) is 0 Å². The zero-order chi connectivity index (χ0) is 24.9. The Bertz CT molecular complexity index is 1360. The Kier molecular flexibility index (Phi) is 6.84. The monoisotopic (exact) mass is 483 g/mol. The maximum atomic E-state index is 13.4. The first-order valence-electron chi connectivity index (χ1n) is 12.0. The van der Waals surface area contributed by atoms with Crippen LogP contribution < -0.4 is 5.32 Å². The first kappa shape index (κ1) is 23.4. The lowest BCUT2D eigenvalue weighted by molar-refractivity contribution is -0.132. The van der Waals surface area contributed by atoms with Gasteiger partial charge in [-0.05, 0) is 61.7 Å². The van der Waals surface area contributed by atoms with E-state index >= 15 is 0 Å². The fraction of sp³-hybridized carbons (Fsp3) is 0.214. The molecule has 7 nitrogen and oxygen atoms in total. The van der Waals surface area contributed by atoms with E-state index in [9.17, 15) is 14.0 Å². The summed E-state index contributed by atoms with van der Waals surface area (Å²) in [5.74, 6) is 0.293. The van der Waals surface area contributed by atoms with Gasteiger partial charge in [-0.15, -0.1) is 5.10 Å². The molecule has 2 heterocycles. The molecular weight excluding hydrogens is 457 g/mol. The molecule has 1 aromatic heterocycles. The van der Waals surface area contributed by atoms with Gasteiger partial charge in [-0.1, -0.05) is 36.4 Å². The van der Waals surface area contributed by atoms with E-state index in [1.54, 1.807) is 22.9 Å². The van der Waals surface area contributed by atoms with Gasteiger partial charge in [0.1, 0.15) is 12.4 Å². The van der Waals surface area contributed by atoms with Crippen LogP contribution in [0.2, 0.25) is 0 Å². The van der Waals surface area contributed by atoms with Gasteiger partial charge < -0.3 is 10.2 Å². The minimum Gasteiger partial charge on any atom is -0.341 e. The summed E-state index contributed by atoms with van der Waals surface area (Å²) < 4.78 is 15.1. The number of hydrogen-bond donors (Lipinski definition) is 1. The third-order valence-electron chi connectivity index (χ3n) is 6.19. The van der Waals surface area contributed by atoms with E-state index in [-0.39, 0.29) is 18.0 Å². The molecule has 0 radical (unpaired) electrons. The molecule has 36 heavy (non-hydrogen) atoms. The molecule has 0 aliphatic carbocycles. The highest BCUT2D eigenvalue weighted by Crippen LogP contribution is 2.24. The van der Waals surface area contributed by atoms with Crippen molar-refractivity contribution in [3.8, 4) is 22.8 Å². The number of likely N-dealkylation sites (tertiary alicyclic amines) is 1. The lowest BCUT2D eigenvalue weighted by atomic mass is 10.1. The van der Waals surface area contributed by atoms with Crippen LogP contribution in [-0.2, 0) is 11.3 Å². The van der Waals surface area contributed by atoms with E-state index in [4.69, 9.17) is 4.98 Å². The van der Waals surface area contributed by atoms with Crippen LogP contribution in [0.5, 0.6) is 0 Å². The number of halogens is 1. The average molecular weight is 484 g/mol. The van der Waals surface area contributed by atoms with Gasteiger partial charge >= 0.3 is 0 Å². The Hall–Kier alpha value is -4.33. The van der Waals surface area contributed by atoms with Crippen molar-refractivity contribution in [3.63, 3.8) is 0 Å². The van der Waals surface area contributed by atoms with Gasteiger partial charge in [0.05, 0.1) is 0 Å². The highest BCUT2D eigenvalue weighted by Gasteiger charge is 2.21. The number of aromatic nitrogens is 3. The normalized spacial score (nSPS) is 13.4. The zero-order valence-electron chi connectivity index (χ0n) is 19.7. The number of anilines is 1.